The minimum atomic E-state index is -0.542. The number of methoxy groups -OCH3 is 1. The third-order valence-electron chi connectivity index (χ3n) is 3.08. The largest absolute Gasteiger partial charge is 0.497 e. The predicted molar refractivity (Wildman–Crippen MR) is 84.2 cm³/mol. The molecule has 0 unspecified atom stereocenters. The molecule has 0 fully saturated rings. The first-order valence-corrected chi connectivity index (χ1v) is 6.88. The molecule has 0 aliphatic heterocycles. The van der Waals surface area contributed by atoms with Crippen LogP contribution < -0.4 is 10.5 Å². The second-order valence-electron chi connectivity index (χ2n) is 4.35. The third kappa shape index (κ3) is 2.46. The van der Waals surface area contributed by atoms with E-state index in [-0.39, 0.29) is 0 Å². The fraction of sp³-hybridized carbons (Fsp3) is 0.0667. The topological polar surface area (TPSA) is 44.4 Å². The highest BCUT2D eigenvalue weighted by Gasteiger charge is 2.09. The van der Waals surface area contributed by atoms with E-state index in [2.05, 4.69) is 0 Å². The number of hydrogen-bond donors (Lipinski definition) is 0. The molecule has 0 aliphatic rings. The summed E-state index contributed by atoms with van der Waals surface area (Å²) in [6.07, 6.45) is 0. The molecule has 0 N–H and O–H groups in total. The van der Waals surface area contributed by atoms with E-state index in [0.29, 0.717) is 32.1 Å². The molecule has 6 heteroatoms. The zero-order valence-corrected chi connectivity index (χ0v) is 12.6. The maximum atomic E-state index is 12.2. The van der Waals surface area contributed by atoms with Gasteiger partial charge in [0.05, 0.1) is 18.2 Å². The zero-order valence-electron chi connectivity index (χ0n) is 11.0. The van der Waals surface area contributed by atoms with Crippen molar-refractivity contribution >= 4 is 34.8 Å². The van der Waals surface area contributed by atoms with Crippen LogP contribution in [0.25, 0.3) is 16.7 Å². The molecule has 0 spiro atoms. The second-order valence-corrected chi connectivity index (χ2v) is 5.17. The molecule has 0 bridgehead atoms. The molecular formula is C15H10ClNO3S. The first-order valence-electron chi connectivity index (χ1n) is 6.10. The number of rotatable bonds is 2. The monoisotopic (exact) mass is 319 g/mol. The van der Waals surface area contributed by atoms with E-state index in [1.54, 1.807) is 49.6 Å². The van der Waals surface area contributed by atoms with Crippen LogP contribution in [0.3, 0.4) is 0 Å². The molecule has 4 nitrogen and oxygen atoms in total. The fourth-order valence-electron chi connectivity index (χ4n) is 2.05. The molecule has 3 aromatic rings. The Labute approximate surface area is 130 Å². The lowest BCUT2D eigenvalue weighted by molar-refractivity contribution is 0.414. The average molecular weight is 320 g/mol. The molecule has 3 rings (SSSR count). The molecule has 0 saturated carbocycles. The van der Waals surface area contributed by atoms with Crippen molar-refractivity contribution in [2.24, 2.45) is 0 Å². The van der Waals surface area contributed by atoms with Crippen LogP contribution in [-0.4, -0.2) is 11.7 Å². The van der Waals surface area contributed by atoms with E-state index < -0.39 is 5.76 Å². The van der Waals surface area contributed by atoms with Gasteiger partial charge in [-0.15, -0.1) is 0 Å². The molecule has 21 heavy (non-hydrogen) atoms. The summed E-state index contributed by atoms with van der Waals surface area (Å²) in [5.74, 6) is 0.102. The Bertz CT molecular complexity index is 928. The number of benzene rings is 2. The molecule has 0 aliphatic carbocycles. The number of nitrogens with zero attached hydrogens (tertiary/aromatic N) is 1. The smallest absolute Gasteiger partial charge is 0.425 e. The highest BCUT2D eigenvalue weighted by Crippen LogP contribution is 2.22. The normalized spacial score (nSPS) is 10.8. The van der Waals surface area contributed by atoms with Crippen molar-refractivity contribution in [1.29, 1.82) is 0 Å². The van der Waals surface area contributed by atoms with E-state index >= 15 is 0 Å². The van der Waals surface area contributed by atoms with Crippen molar-refractivity contribution in [2.45, 2.75) is 0 Å². The van der Waals surface area contributed by atoms with Crippen LogP contribution >= 0.6 is 23.8 Å². The molecule has 1 heterocycles. The first kappa shape index (κ1) is 13.9. The van der Waals surface area contributed by atoms with Gasteiger partial charge in [0.25, 0.3) is 0 Å². The van der Waals surface area contributed by atoms with Crippen molar-refractivity contribution < 1.29 is 9.15 Å². The molecule has 106 valence electrons. The second kappa shape index (κ2) is 5.35. The van der Waals surface area contributed by atoms with Crippen molar-refractivity contribution in [3.05, 3.63) is 62.7 Å². The molecule has 2 aromatic carbocycles. The van der Waals surface area contributed by atoms with Gasteiger partial charge in [0.1, 0.15) is 16.0 Å². The minimum absolute atomic E-state index is 0.363. The number of ether oxygens (including phenoxy) is 1. The Hall–Kier alpha value is -2.11. The van der Waals surface area contributed by atoms with E-state index in [0.717, 1.165) is 0 Å². The van der Waals surface area contributed by atoms with Gasteiger partial charge in [0.15, 0.2) is 0 Å². The summed E-state index contributed by atoms with van der Waals surface area (Å²) in [4.78, 5) is 12.2. The zero-order chi connectivity index (χ0) is 15.0. The summed E-state index contributed by atoms with van der Waals surface area (Å²) in [7, 11) is 1.57. The SMILES string of the molecule is COc1ccc2oc(=O)n(-c3ccc(Cl)cc3)c(=S)c2c1. The minimum Gasteiger partial charge on any atom is -0.497 e. The van der Waals surface area contributed by atoms with Gasteiger partial charge in [-0.1, -0.05) is 23.8 Å². The van der Waals surface area contributed by atoms with E-state index in [4.69, 9.17) is 33.0 Å². The highest BCUT2D eigenvalue weighted by molar-refractivity contribution is 7.71. The summed E-state index contributed by atoms with van der Waals surface area (Å²) in [6, 6.07) is 11.9. The lowest BCUT2D eigenvalue weighted by Crippen LogP contribution is -2.17. The highest BCUT2D eigenvalue weighted by atomic mass is 35.5. The number of fused-ring (bicyclic) bond motifs is 1. The first-order chi connectivity index (χ1) is 10.1. The van der Waals surface area contributed by atoms with Gasteiger partial charge in [-0.05, 0) is 42.5 Å². The third-order valence-corrected chi connectivity index (χ3v) is 3.74. The van der Waals surface area contributed by atoms with E-state index in [9.17, 15) is 4.79 Å². The van der Waals surface area contributed by atoms with Crippen LogP contribution in [0.4, 0.5) is 0 Å². The van der Waals surface area contributed by atoms with E-state index in [1.807, 2.05) is 0 Å². The lowest BCUT2D eigenvalue weighted by atomic mass is 10.2. The Morgan fingerprint density at radius 1 is 1.19 bits per heavy atom. The summed E-state index contributed by atoms with van der Waals surface area (Å²) in [5, 5.41) is 1.22. The maximum Gasteiger partial charge on any atom is 0.425 e. The van der Waals surface area contributed by atoms with Crippen LogP contribution in [0.2, 0.25) is 5.02 Å². The van der Waals surface area contributed by atoms with Gasteiger partial charge >= 0.3 is 5.76 Å². The summed E-state index contributed by atoms with van der Waals surface area (Å²) in [5.41, 5.74) is 1.03. The summed E-state index contributed by atoms with van der Waals surface area (Å²) in [6.45, 7) is 0. The average Bonchev–Trinajstić information content (AvgIpc) is 2.49. The lowest BCUT2D eigenvalue weighted by Gasteiger charge is -2.08. The van der Waals surface area contributed by atoms with Crippen molar-refractivity contribution in [3.8, 4) is 11.4 Å². The van der Waals surface area contributed by atoms with Crippen LogP contribution in [0.1, 0.15) is 0 Å². The quantitative estimate of drug-likeness (QED) is 0.670. The molecular weight excluding hydrogens is 310 g/mol. The van der Waals surface area contributed by atoms with Gasteiger partial charge in [-0.25, -0.2) is 9.36 Å². The Kier molecular flexibility index (Phi) is 3.53. The molecule has 0 atom stereocenters. The van der Waals surface area contributed by atoms with Gasteiger partial charge in [0.2, 0.25) is 0 Å². The standard InChI is InChI=1S/C15H10ClNO3S/c1-19-11-6-7-13-12(8-11)14(21)17(15(18)20-13)10-4-2-9(16)3-5-10/h2-8H,1H3. The number of aromatic nitrogens is 1. The Morgan fingerprint density at radius 2 is 1.90 bits per heavy atom. The van der Waals surface area contributed by atoms with Crippen LogP contribution in [0, 0.1) is 4.64 Å². The Morgan fingerprint density at radius 3 is 2.57 bits per heavy atom. The van der Waals surface area contributed by atoms with Gasteiger partial charge < -0.3 is 9.15 Å². The van der Waals surface area contributed by atoms with Crippen LogP contribution in [0.5, 0.6) is 5.75 Å². The predicted octanol–water partition coefficient (Wildman–Crippen LogP) is 3.98. The summed E-state index contributed by atoms with van der Waals surface area (Å²) < 4.78 is 12.2. The van der Waals surface area contributed by atoms with Crippen molar-refractivity contribution in [1.82, 2.24) is 4.57 Å². The maximum absolute atomic E-state index is 12.2. The summed E-state index contributed by atoms with van der Waals surface area (Å²) >= 11 is 11.3. The van der Waals surface area contributed by atoms with Crippen LogP contribution in [-0.2, 0) is 0 Å². The van der Waals surface area contributed by atoms with Gasteiger partial charge in [-0.2, -0.15) is 0 Å². The van der Waals surface area contributed by atoms with Gasteiger partial charge in [0, 0.05) is 5.02 Å². The number of hydrogen-bond acceptors (Lipinski definition) is 4. The van der Waals surface area contributed by atoms with Gasteiger partial charge in [-0.3, -0.25) is 0 Å². The number of halogens is 1. The van der Waals surface area contributed by atoms with Crippen molar-refractivity contribution in [2.75, 3.05) is 7.11 Å². The fourth-order valence-corrected chi connectivity index (χ4v) is 2.51. The molecule has 0 saturated heterocycles. The van der Waals surface area contributed by atoms with Crippen molar-refractivity contribution in [3.63, 3.8) is 0 Å². The molecule has 1 aromatic heterocycles. The molecule has 0 radical (unpaired) electrons. The molecule has 0 amide bonds. The Balaban J connectivity index is 2.35. The van der Waals surface area contributed by atoms with E-state index in [1.165, 1.54) is 4.57 Å². The van der Waals surface area contributed by atoms with Crippen LogP contribution in [0.15, 0.2) is 51.7 Å².